The summed E-state index contributed by atoms with van der Waals surface area (Å²) in [6.45, 7) is 1.83. The lowest BCUT2D eigenvalue weighted by Crippen LogP contribution is -2.40. The summed E-state index contributed by atoms with van der Waals surface area (Å²) >= 11 is 0. The monoisotopic (exact) mass is 432 g/mol. The van der Waals surface area contributed by atoms with E-state index in [0.29, 0.717) is 33.9 Å². The summed E-state index contributed by atoms with van der Waals surface area (Å²) in [5, 5.41) is 14.7. The predicted octanol–water partition coefficient (Wildman–Crippen LogP) is 2.49. The predicted molar refractivity (Wildman–Crippen MR) is 116 cm³/mol. The molecule has 0 radical (unpaired) electrons. The zero-order valence-corrected chi connectivity index (χ0v) is 17.1. The van der Waals surface area contributed by atoms with Gasteiger partial charge >= 0.3 is 6.03 Å². The van der Waals surface area contributed by atoms with Crippen LogP contribution in [0.2, 0.25) is 0 Å². The molecule has 32 heavy (non-hydrogen) atoms. The smallest absolute Gasteiger partial charge is 0.324 e. The number of hydrogen-bond acceptors (Lipinski definition) is 5. The number of fused-ring (bicyclic) bond motifs is 1. The standard InChI is InChI=1S/C22H20N6O4/c1-13(29)23-16-9-7-15(8-10-16)20(30)24-19-17-11-28(12-18(17)26-27-19)22(32)25-21(31)14-5-3-2-4-6-14/h2-10H,11-12H2,1H3,(H,23,29)(H,25,31,32)(H2,24,26,27,30). The number of nitrogens with zero attached hydrogens (tertiary/aromatic N) is 2. The fourth-order valence-electron chi connectivity index (χ4n) is 3.31. The third-order valence-electron chi connectivity index (χ3n) is 4.89. The Labute approximate surface area is 183 Å². The molecule has 0 saturated carbocycles. The van der Waals surface area contributed by atoms with E-state index in [4.69, 9.17) is 0 Å². The van der Waals surface area contributed by atoms with Gasteiger partial charge in [-0.05, 0) is 36.4 Å². The maximum atomic E-state index is 12.6. The van der Waals surface area contributed by atoms with E-state index in [1.165, 1.54) is 11.8 Å². The second-order valence-corrected chi connectivity index (χ2v) is 7.22. The minimum Gasteiger partial charge on any atom is -0.326 e. The van der Waals surface area contributed by atoms with E-state index in [1.807, 2.05) is 0 Å². The number of urea groups is 1. The van der Waals surface area contributed by atoms with Gasteiger partial charge in [0.05, 0.1) is 18.8 Å². The first kappa shape index (κ1) is 20.8. The summed E-state index contributed by atoms with van der Waals surface area (Å²) in [6, 6.07) is 14.3. The van der Waals surface area contributed by atoms with Gasteiger partial charge in [0, 0.05) is 29.3 Å². The van der Waals surface area contributed by atoms with Gasteiger partial charge in [-0.1, -0.05) is 18.2 Å². The van der Waals surface area contributed by atoms with Gasteiger partial charge in [0.1, 0.15) is 0 Å². The number of amides is 5. The maximum absolute atomic E-state index is 12.6. The number of aromatic amines is 1. The van der Waals surface area contributed by atoms with Crippen LogP contribution in [0.15, 0.2) is 54.6 Å². The summed E-state index contributed by atoms with van der Waals surface area (Å²) in [6.07, 6.45) is 0. The highest BCUT2D eigenvalue weighted by Crippen LogP contribution is 2.27. The normalized spacial score (nSPS) is 12.1. The molecule has 2 heterocycles. The molecule has 5 amide bonds. The third-order valence-corrected chi connectivity index (χ3v) is 4.89. The van der Waals surface area contributed by atoms with Crippen LogP contribution in [0, 0.1) is 0 Å². The number of imide groups is 1. The SMILES string of the molecule is CC(=O)Nc1ccc(C(=O)Nc2n[nH]c3c2CN(C(=O)NC(=O)c2ccccc2)C3)cc1. The second-order valence-electron chi connectivity index (χ2n) is 7.22. The fourth-order valence-corrected chi connectivity index (χ4v) is 3.31. The number of carbonyl (C=O) groups excluding carboxylic acids is 4. The Morgan fingerprint density at radius 2 is 1.56 bits per heavy atom. The second kappa shape index (κ2) is 8.72. The molecule has 0 spiro atoms. The van der Waals surface area contributed by atoms with E-state index in [0.717, 1.165) is 0 Å². The molecular formula is C22H20N6O4. The molecule has 0 fully saturated rings. The lowest BCUT2D eigenvalue weighted by atomic mass is 10.2. The number of aromatic nitrogens is 2. The van der Waals surface area contributed by atoms with Gasteiger partial charge in [-0.15, -0.1) is 0 Å². The van der Waals surface area contributed by atoms with E-state index in [2.05, 4.69) is 26.1 Å². The Bertz CT molecular complexity index is 1190. The van der Waals surface area contributed by atoms with Gasteiger partial charge in [0.2, 0.25) is 5.91 Å². The lowest BCUT2D eigenvalue weighted by molar-refractivity contribution is -0.114. The molecule has 162 valence electrons. The molecule has 10 nitrogen and oxygen atoms in total. The van der Waals surface area contributed by atoms with E-state index >= 15 is 0 Å². The van der Waals surface area contributed by atoms with Crippen molar-refractivity contribution in [3.8, 4) is 0 Å². The molecule has 1 aromatic heterocycles. The Hall–Kier alpha value is -4.47. The minimum absolute atomic E-state index is 0.191. The first-order chi connectivity index (χ1) is 15.4. The summed E-state index contributed by atoms with van der Waals surface area (Å²) in [7, 11) is 0. The van der Waals surface area contributed by atoms with Gasteiger partial charge in [0.15, 0.2) is 5.82 Å². The van der Waals surface area contributed by atoms with Crippen LogP contribution in [-0.4, -0.2) is 38.8 Å². The molecule has 3 aromatic rings. The molecule has 0 aliphatic carbocycles. The number of hydrogen-bond donors (Lipinski definition) is 4. The molecular weight excluding hydrogens is 412 g/mol. The molecule has 0 atom stereocenters. The molecule has 0 unspecified atom stereocenters. The van der Waals surface area contributed by atoms with Crippen LogP contribution < -0.4 is 16.0 Å². The van der Waals surface area contributed by atoms with Crippen molar-refractivity contribution in [1.82, 2.24) is 20.4 Å². The van der Waals surface area contributed by atoms with Gasteiger partial charge in [-0.2, -0.15) is 5.10 Å². The van der Waals surface area contributed by atoms with Crippen molar-refractivity contribution in [3.63, 3.8) is 0 Å². The van der Waals surface area contributed by atoms with E-state index < -0.39 is 11.9 Å². The summed E-state index contributed by atoms with van der Waals surface area (Å²) in [4.78, 5) is 49.8. The first-order valence-corrected chi connectivity index (χ1v) is 9.81. The average molecular weight is 432 g/mol. The molecule has 2 aromatic carbocycles. The molecule has 0 saturated heterocycles. The van der Waals surface area contributed by atoms with Crippen molar-refractivity contribution >= 4 is 35.3 Å². The van der Waals surface area contributed by atoms with E-state index in [1.54, 1.807) is 54.6 Å². The number of anilines is 2. The highest BCUT2D eigenvalue weighted by atomic mass is 16.2. The number of H-pyrrole nitrogens is 1. The number of nitrogens with one attached hydrogen (secondary N) is 4. The first-order valence-electron chi connectivity index (χ1n) is 9.81. The topological polar surface area (TPSA) is 136 Å². The van der Waals surface area contributed by atoms with E-state index in [9.17, 15) is 19.2 Å². The number of carbonyl (C=O) groups is 4. The summed E-state index contributed by atoms with van der Waals surface area (Å²) in [5.74, 6) is -0.745. The Morgan fingerprint density at radius 1 is 0.875 bits per heavy atom. The highest BCUT2D eigenvalue weighted by molar-refractivity contribution is 6.05. The zero-order valence-electron chi connectivity index (χ0n) is 17.1. The molecule has 4 rings (SSSR count). The van der Waals surface area contributed by atoms with Gasteiger partial charge in [-0.3, -0.25) is 24.8 Å². The quantitative estimate of drug-likeness (QED) is 0.502. The van der Waals surface area contributed by atoms with Crippen molar-refractivity contribution in [3.05, 3.63) is 77.0 Å². The van der Waals surface area contributed by atoms with E-state index in [-0.39, 0.29) is 24.9 Å². The fraction of sp³-hybridized carbons (Fsp3) is 0.136. The van der Waals surface area contributed by atoms with Crippen LogP contribution in [0.3, 0.4) is 0 Å². The van der Waals surface area contributed by atoms with Crippen LogP contribution in [0.1, 0.15) is 38.9 Å². The Balaban J connectivity index is 1.38. The van der Waals surface area contributed by atoms with Crippen LogP contribution in [0.4, 0.5) is 16.3 Å². The van der Waals surface area contributed by atoms with Crippen LogP contribution in [-0.2, 0) is 17.9 Å². The van der Waals surface area contributed by atoms with Crippen LogP contribution in [0.5, 0.6) is 0 Å². The third kappa shape index (κ3) is 4.48. The van der Waals surface area contributed by atoms with Crippen molar-refractivity contribution < 1.29 is 19.2 Å². The van der Waals surface area contributed by atoms with Crippen molar-refractivity contribution in [1.29, 1.82) is 0 Å². The molecule has 10 heteroatoms. The maximum Gasteiger partial charge on any atom is 0.324 e. The Kier molecular flexibility index (Phi) is 5.67. The number of benzene rings is 2. The average Bonchev–Trinajstić information content (AvgIpc) is 3.36. The zero-order chi connectivity index (χ0) is 22.7. The highest BCUT2D eigenvalue weighted by Gasteiger charge is 2.30. The van der Waals surface area contributed by atoms with Crippen molar-refractivity contribution in [2.75, 3.05) is 10.6 Å². The molecule has 1 aliphatic heterocycles. The molecule has 4 N–H and O–H groups in total. The minimum atomic E-state index is -0.533. The number of rotatable bonds is 4. The molecule has 1 aliphatic rings. The van der Waals surface area contributed by atoms with Crippen LogP contribution in [0.25, 0.3) is 0 Å². The van der Waals surface area contributed by atoms with Crippen LogP contribution >= 0.6 is 0 Å². The van der Waals surface area contributed by atoms with Gasteiger partial charge in [-0.25, -0.2) is 4.79 Å². The summed E-state index contributed by atoms with van der Waals surface area (Å²) < 4.78 is 0. The Morgan fingerprint density at radius 3 is 2.25 bits per heavy atom. The van der Waals surface area contributed by atoms with Gasteiger partial charge in [0.25, 0.3) is 11.8 Å². The van der Waals surface area contributed by atoms with Crippen molar-refractivity contribution in [2.24, 2.45) is 0 Å². The summed E-state index contributed by atoms with van der Waals surface area (Å²) in [5.41, 5.74) is 2.72. The largest absolute Gasteiger partial charge is 0.326 e. The van der Waals surface area contributed by atoms with Crippen molar-refractivity contribution in [2.45, 2.75) is 20.0 Å². The molecule has 0 bridgehead atoms. The van der Waals surface area contributed by atoms with Gasteiger partial charge < -0.3 is 15.5 Å². The lowest BCUT2D eigenvalue weighted by Gasteiger charge is -2.16.